The van der Waals surface area contributed by atoms with Crippen LogP contribution in [0.3, 0.4) is 0 Å². The number of Topliss-reactive ketones (excluding diaryl/α,β-unsaturated/α-hetero) is 1. The molecule has 0 spiro atoms. The van der Waals surface area contributed by atoms with Gasteiger partial charge >= 0.3 is 5.63 Å². The van der Waals surface area contributed by atoms with Crippen LogP contribution in [0.4, 0.5) is 0 Å². The van der Waals surface area contributed by atoms with Crippen molar-refractivity contribution >= 4 is 16.8 Å². The highest BCUT2D eigenvalue weighted by molar-refractivity contribution is 5.97. The molecular formula is C21H20O4. The Bertz CT molecular complexity index is 926. The molecule has 128 valence electrons. The molecule has 0 atom stereocenters. The second-order valence-electron chi connectivity index (χ2n) is 5.93. The summed E-state index contributed by atoms with van der Waals surface area (Å²) in [4.78, 5) is 23.9. The summed E-state index contributed by atoms with van der Waals surface area (Å²) in [6.07, 6.45) is 2.91. The third-order valence-corrected chi connectivity index (χ3v) is 4.07. The number of carbonyl (C=O) groups excluding carboxylic acids is 1. The molecule has 0 saturated heterocycles. The van der Waals surface area contributed by atoms with Crippen molar-refractivity contribution in [2.24, 2.45) is 0 Å². The van der Waals surface area contributed by atoms with E-state index in [9.17, 15) is 9.59 Å². The number of unbranched alkanes of at least 4 members (excludes halogenated alkanes) is 1. The molecule has 2 aromatic carbocycles. The zero-order valence-electron chi connectivity index (χ0n) is 14.2. The number of ether oxygens (including phenoxy) is 1. The van der Waals surface area contributed by atoms with Crippen molar-refractivity contribution in [2.75, 3.05) is 6.61 Å². The topological polar surface area (TPSA) is 56.5 Å². The first kappa shape index (κ1) is 17.0. The molecular weight excluding hydrogens is 316 g/mol. The van der Waals surface area contributed by atoms with Crippen LogP contribution in [0.1, 0.15) is 35.7 Å². The predicted molar refractivity (Wildman–Crippen MR) is 97.4 cm³/mol. The van der Waals surface area contributed by atoms with Gasteiger partial charge in [0.25, 0.3) is 0 Å². The minimum absolute atomic E-state index is 0.0602. The highest BCUT2D eigenvalue weighted by Gasteiger charge is 2.09. The first-order chi connectivity index (χ1) is 12.2. The van der Waals surface area contributed by atoms with Gasteiger partial charge in [0.1, 0.15) is 11.3 Å². The van der Waals surface area contributed by atoms with E-state index >= 15 is 0 Å². The van der Waals surface area contributed by atoms with E-state index in [4.69, 9.17) is 9.15 Å². The maximum atomic E-state index is 12.1. The average Bonchev–Trinajstić information content (AvgIpc) is 2.64. The summed E-state index contributed by atoms with van der Waals surface area (Å²) in [6, 6.07) is 15.9. The monoisotopic (exact) mass is 336 g/mol. The van der Waals surface area contributed by atoms with Crippen LogP contribution in [0.15, 0.2) is 63.8 Å². The molecule has 0 aliphatic rings. The fourth-order valence-corrected chi connectivity index (χ4v) is 2.73. The summed E-state index contributed by atoms with van der Waals surface area (Å²) >= 11 is 0. The van der Waals surface area contributed by atoms with Crippen LogP contribution in [0.2, 0.25) is 0 Å². The molecule has 3 rings (SSSR count). The molecule has 0 N–H and O–H groups in total. The fraction of sp³-hybridized carbons (Fsp3) is 0.238. The molecule has 0 saturated carbocycles. The molecule has 1 aromatic heterocycles. The molecule has 4 nitrogen and oxygen atoms in total. The van der Waals surface area contributed by atoms with Gasteiger partial charge in [0, 0.05) is 23.1 Å². The third-order valence-electron chi connectivity index (χ3n) is 4.07. The number of rotatable bonds is 7. The Morgan fingerprint density at radius 2 is 1.88 bits per heavy atom. The van der Waals surface area contributed by atoms with Crippen molar-refractivity contribution < 1.29 is 13.9 Å². The van der Waals surface area contributed by atoms with Crippen molar-refractivity contribution in [3.05, 3.63) is 76.1 Å². The van der Waals surface area contributed by atoms with Crippen molar-refractivity contribution in [1.82, 2.24) is 0 Å². The molecule has 0 aliphatic heterocycles. The second kappa shape index (κ2) is 7.79. The molecule has 1 heterocycles. The van der Waals surface area contributed by atoms with Crippen LogP contribution in [-0.4, -0.2) is 12.4 Å². The predicted octanol–water partition coefficient (Wildman–Crippen LogP) is 4.40. The molecule has 25 heavy (non-hydrogen) atoms. The number of hydrogen-bond acceptors (Lipinski definition) is 4. The Labute approximate surface area is 146 Å². The van der Waals surface area contributed by atoms with Crippen molar-refractivity contribution in [2.45, 2.75) is 26.2 Å². The maximum Gasteiger partial charge on any atom is 0.336 e. The Morgan fingerprint density at radius 3 is 2.64 bits per heavy atom. The standard InChI is InChI=1S/C21H20O4/c1-2-3-7-16-12-21(23)25-20-13-17(10-11-18(16)20)24-14-19(22)15-8-5-4-6-9-15/h4-6,8-13H,2-3,7,14H2,1H3. The van der Waals surface area contributed by atoms with Crippen LogP contribution >= 0.6 is 0 Å². The van der Waals surface area contributed by atoms with Crippen molar-refractivity contribution in [3.63, 3.8) is 0 Å². The summed E-state index contributed by atoms with van der Waals surface area (Å²) in [5, 5.41) is 0.912. The molecule has 0 amide bonds. The Hall–Kier alpha value is -2.88. The van der Waals surface area contributed by atoms with Crippen LogP contribution in [0, 0.1) is 0 Å². The van der Waals surface area contributed by atoms with Crippen LogP contribution in [-0.2, 0) is 6.42 Å². The van der Waals surface area contributed by atoms with Gasteiger partial charge in [-0.1, -0.05) is 43.7 Å². The van der Waals surface area contributed by atoms with Crippen molar-refractivity contribution in [3.8, 4) is 5.75 Å². The first-order valence-corrected chi connectivity index (χ1v) is 8.45. The molecule has 0 fully saturated rings. The van der Waals surface area contributed by atoms with Gasteiger partial charge in [-0.25, -0.2) is 4.79 Å². The average molecular weight is 336 g/mol. The lowest BCUT2D eigenvalue weighted by Crippen LogP contribution is -2.11. The highest BCUT2D eigenvalue weighted by atomic mass is 16.5. The SMILES string of the molecule is CCCCc1cc(=O)oc2cc(OCC(=O)c3ccccc3)ccc12. The van der Waals surface area contributed by atoms with Gasteiger partial charge in [0.2, 0.25) is 0 Å². The molecule has 3 aromatic rings. The highest BCUT2D eigenvalue weighted by Crippen LogP contribution is 2.24. The molecule has 0 radical (unpaired) electrons. The number of benzene rings is 2. The number of hydrogen-bond donors (Lipinski definition) is 0. The second-order valence-corrected chi connectivity index (χ2v) is 5.93. The van der Waals surface area contributed by atoms with Crippen LogP contribution in [0.25, 0.3) is 11.0 Å². The Kier molecular flexibility index (Phi) is 5.29. The van der Waals surface area contributed by atoms with E-state index in [1.165, 1.54) is 0 Å². The summed E-state index contributed by atoms with van der Waals surface area (Å²) in [5.41, 5.74) is 1.72. The van der Waals surface area contributed by atoms with E-state index in [1.54, 1.807) is 30.3 Å². The number of aryl methyl sites for hydroxylation is 1. The lowest BCUT2D eigenvalue weighted by molar-refractivity contribution is 0.0921. The van der Waals surface area contributed by atoms with E-state index in [-0.39, 0.29) is 18.0 Å². The van der Waals surface area contributed by atoms with Crippen molar-refractivity contribution in [1.29, 1.82) is 0 Å². The lowest BCUT2D eigenvalue weighted by atomic mass is 10.0. The van der Waals surface area contributed by atoms with Gasteiger partial charge in [0.05, 0.1) is 0 Å². The zero-order valence-corrected chi connectivity index (χ0v) is 14.2. The van der Waals surface area contributed by atoms with Crippen LogP contribution < -0.4 is 10.4 Å². The van der Waals surface area contributed by atoms with E-state index in [0.29, 0.717) is 16.9 Å². The first-order valence-electron chi connectivity index (χ1n) is 8.45. The van der Waals surface area contributed by atoms with E-state index in [2.05, 4.69) is 6.92 Å². The summed E-state index contributed by atoms with van der Waals surface area (Å²) in [6.45, 7) is 2.05. The summed E-state index contributed by atoms with van der Waals surface area (Å²) in [5.74, 6) is 0.409. The zero-order chi connectivity index (χ0) is 17.6. The lowest BCUT2D eigenvalue weighted by Gasteiger charge is -2.08. The van der Waals surface area contributed by atoms with Gasteiger partial charge in [-0.05, 0) is 30.5 Å². The molecule has 0 bridgehead atoms. The fourth-order valence-electron chi connectivity index (χ4n) is 2.73. The number of carbonyl (C=O) groups is 1. The molecule has 4 heteroatoms. The van der Waals surface area contributed by atoms with Gasteiger partial charge < -0.3 is 9.15 Å². The van der Waals surface area contributed by atoms with Gasteiger partial charge in [-0.15, -0.1) is 0 Å². The molecule has 0 aliphatic carbocycles. The van der Waals surface area contributed by atoms with Gasteiger partial charge in [0.15, 0.2) is 12.4 Å². The Morgan fingerprint density at radius 1 is 1.08 bits per heavy atom. The summed E-state index contributed by atoms with van der Waals surface area (Å²) in [7, 11) is 0. The quantitative estimate of drug-likeness (QED) is 0.474. The minimum atomic E-state index is -0.365. The number of fused-ring (bicyclic) bond motifs is 1. The summed E-state index contributed by atoms with van der Waals surface area (Å²) < 4.78 is 10.9. The van der Waals surface area contributed by atoms with E-state index < -0.39 is 0 Å². The smallest absolute Gasteiger partial charge is 0.336 e. The Balaban J connectivity index is 1.79. The van der Waals surface area contributed by atoms with Gasteiger partial charge in [-0.3, -0.25) is 4.79 Å². The van der Waals surface area contributed by atoms with Gasteiger partial charge in [-0.2, -0.15) is 0 Å². The normalized spacial score (nSPS) is 10.8. The van der Waals surface area contributed by atoms with E-state index in [1.807, 2.05) is 24.3 Å². The number of ketones is 1. The third kappa shape index (κ3) is 4.15. The molecule has 0 unspecified atom stereocenters. The largest absolute Gasteiger partial charge is 0.485 e. The minimum Gasteiger partial charge on any atom is -0.485 e. The maximum absolute atomic E-state index is 12.1. The van der Waals surface area contributed by atoms with E-state index in [0.717, 1.165) is 30.2 Å². The van der Waals surface area contributed by atoms with Crippen LogP contribution in [0.5, 0.6) is 5.75 Å².